The zero-order chi connectivity index (χ0) is 45.4. The van der Waals surface area contributed by atoms with Crippen molar-refractivity contribution in [3.63, 3.8) is 0 Å². The molecule has 61 heavy (non-hydrogen) atoms. The molecule has 1 aromatic heterocycles. The van der Waals surface area contributed by atoms with Crippen molar-refractivity contribution in [1.29, 1.82) is 0 Å². The monoisotopic (exact) mass is 863 g/mol. The molecule has 0 saturated carbocycles. The van der Waals surface area contributed by atoms with Crippen LogP contribution in [0.5, 0.6) is 0 Å². The Labute approximate surface area is 358 Å². The Bertz CT molecular complexity index is 2150. The second-order valence-electron chi connectivity index (χ2n) is 17.1. The van der Waals surface area contributed by atoms with Gasteiger partial charge in [-0.2, -0.15) is 9.89 Å². The summed E-state index contributed by atoms with van der Waals surface area (Å²) in [7, 11) is 0. The van der Waals surface area contributed by atoms with Crippen LogP contribution in [-0.2, 0) is 54.3 Å². The summed E-state index contributed by atoms with van der Waals surface area (Å²) >= 11 is 1.48. The molecule has 4 rings (SSSR count). The molecule has 5 amide bonds. The van der Waals surface area contributed by atoms with Crippen LogP contribution < -0.4 is 5.32 Å². The van der Waals surface area contributed by atoms with Gasteiger partial charge in [-0.25, -0.2) is 14.4 Å². The molecule has 0 fully saturated rings. The predicted molar refractivity (Wildman–Crippen MR) is 225 cm³/mol. The average Bonchev–Trinajstić information content (AvgIpc) is 3.53. The highest BCUT2D eigenvalue weighted by Crippen LogP contribution is 2.30. The first-order valence-electron chi connectivity index (χ1n) is 19.6. The van der Waals surface area contributed by atoms with Gasteiger partial charge in [-0.3, -0.25) is 24.5 Å². The van der Waals surface area contributed by atoms with E-state index in [-0.39, 0.29) is 48.8 Å². The largest absolute Gasteiger partial charge is 0.466 e. The number of nitrogens with one attached hydrogen (secondary N) is 1. The molecular formula is C43H53N5O12S. The van der Waals surface area contributed by atoms with Crippen molar-refractivity contribution in [2.45, 2.75) is 118 Å². The topological polar surface area (TPSA) is 213 Å². The van der Waals surface area contributed by atoms with Gasteiger partial charge in [-0.1, -0.05) is 24.3 Å². The summed E-state index contributed by atoms with van der Waals surface area (Å²) in [4.78, 5) is 99.6. The van der Waals surface area contributed by atoms with Crippen molar-refractivity contribution in [2.24, 2.45) is 4.99 Å². The van der Waals surface area contributed by atoms with E-state index in [1.807, 2.05) is 6.07 Å². The third kappa shape index (κ3) is 14.2. The number of nitro groups is 1. The molecule has 0 aliphatic carbocycles. The second-order valence-corrected chi connectivity index (χ2v) is 18.3. The number of thiophene rings is 1. The van der Waals surface area contributed by atoms with Gasteiger partial charge in [0.15, 0.2) is 5.84 Å². The number of fused-ring (bicyclic) bond motifs is 1. The molecule has 1 aliphatic rings. The summed E-state index contributed by atoms with van der Waals surface area (Å²) in [6, 6.07) is 11.8. The van der Waals surface area contributed by atoms with Crippen LogP contribution >= 0.6 is 11.3 Å². The van der Waals surface area contributed by atoms with Gasteiger partial charge >= 0.3 is 24.2 Å². The molecule has 0 bridgehead atoms. The SMILES string of the molecule is CCOC(=O)Cc1cc2c(s1)CCN(C(=O)C(Cc1cccc([N+](=O)[O-])c1)NC(=O)c1ccc(C(=NC(=O)OC(C)(C)C)N(C(=O)OC(C)(C)C)C(=O)OC(C)(C)C)cc1)C2. The maximum atomic E-state index is 14.3. The number of nitro benzene ring substituents is 1. The van der Waals surface area contributed by atoms with Gasteiger partial charge in [0.2, 0.25) is 5.91 Å². The Morgan fingerprint density at radius 3 is 2.02 bits per heavy atom. The van der Waals surface area contributed by atoms with E-state index in [1.165, 1.54) is 53.8 Å². The molecule has 1 unspecified atom stereocenters. The van der Waals surface area contributed by atoms with Crippen LogP contribution in [0.25, 0.3) is 0 Å². The fourth-order valence-corrected chi connectivity index (χ4v) is 7.12. The number of ether oxygens (including phenoxy) is 4. The third-order valence-corrected chi connectivity index (χ3v) is 9.61. The number of non-ortho nitro benzene ring substituents is 1. The highest BCUT2D eigenvalue weighted by Gasteiger charge is 2.37. The van der Waals surface area contributed by atoms with Crippen molar-refractivity contribution in [2.75, 3.05) is 13.2 Å². The van der Waals surface area contributed by atoms with Gasteiger partial charge < -0.3 is 29.2 Å². The van der Waals surface area contributed by atoms with E-state index in [9.17, 15) is 38.9 Å². The van der Waals surface area contributed by atoms with E-state index in [1.54, 1.807) is 80.2 Å². The number of hydrogen-bond acceptors (Lipinski definition) is 13. The minimum Gasteiger partial charge on any atom is -0.466 e. The van der Waals surface area contributed by atoms with Crippen molar-refractivity contribution < 1.29 is 52.6 Å². The summed E-state index contributed by atoms with van der Waals surface area (Å²) in [5.74, 6) is -1.98. The molecule has 0 radical (unpaired) electrons. The number of benzene rings is 2. The number of amidine groups is 1. The molecule has 1 aliphatic heterocycles. The summed E-state index contributed by atoms with van der Waals surface area (Å²) in [6.07, 6.45) is -2.99. The lowest BCUT2D eigenvalue weighted by Gasteiger charge is -2.31. The summed E-state index contributed by atoms with van der Waals surface area (Å²) in [5.41, 5.74) is -1.98. The zero-order valence-corrected chi connectivity index (χ0v) is 36.9. The summed E-state index contributed by atoms with van der Waals surface area (Å²) < 4.78 is 21.5. The van der Waals surface area contributed by atoms with Crippen molar-refractivity contribution in [3.05, 3.63) is 96.7 Å². The number of amides is 5. The minimum atomic E-state index is -1.20. The van der Waals surface area contributed by atoms with E-state index >= 15 is 0 Å². The molecular weight excluding hydrogens is 811 g/mol. The summed E-state index contributed by atoms with van der Waals surface area (Å²) in [5, 5.41) is 14.4. The standard InChI is InChI=1S/C43H53N5O12S/c1-11-57-34(49)24-31-23-29-25-46(20-19-33(29)61-31)37(51)32(22-26-13-12-14-30(21-26)48(55)56)44-36(50)28-17-15-27(16-18-28)35(45-38(52)58-41(2,3)4)47(39(53)59-42(5,6)7)40(54)60-43(8,9)10/h12-18,21,23,32H,11,19-20,22,24-25H2,1-10H3,(H,44,50). The van der Waals surface area contributed by atoms with Crippen LogP contribution in [0.2, 0.25) is 0 Å². The fraction of sp³-hybridized carbons (Fsp3) is 0.465. The van der Waals surface area contributed by atoms with Crippen LogP contribution in [-0.4, -0.2) is 92.6 Å². The Kier molecular flexibility index (Phi) is 15.2. The van der Waals surface area contributed by atoms with Gasteiger partial charge in [-0.05, 0) is 105 Å². The molecule has 1 N–H and O–H groups in total. The third-order valence-electron chi connectivity index (χ3n) is 8.38. The Morgan fingerprint density at radius 1 is 0.869 bits per heavy atom. The molecule has 0 saturated heterocycles. The molecule has 1 atom stereocenters. The molecule has 17 nitrogen and oxygen atoms in total. The average molecular weight is 864 g/mol. The summed E-state index contributed by atoms with van der Waals surface area (Å²) in [6.45, 7) is 16.9. The van der Waals surface area contributed by atoms with Crippen LogP contribution in [0, 0.1) is 10.1 Å². The van der Waals surface area contributed by atoms with Gasteiger partial charge in [0.25, 0.3) is 11.6 Å². The molecule has 2 aromatic carbocycles. The van der Waals surface area contributed by atoms with Crippen molar-refractivity contribution in [1.82, 2.24) is 15.1 Å². The first kappa shape index (κ1) is 47.5. The Morgan fingerprint density at radius 2 is 1.46 bits per heavy atom. The van der Waals surface area contributed by atoms with Crippen LogP contribution in [0.1, 0.15) is 106 Å². The van der Waals surface area contributed by atoms with Gasteiger partial charge in [0, 0.05) is 52.5 Å². The van der Waals surface area contributed by atoms with Crippen LogP contribution in [0.3, 0.4) is 0 Å². The molecule has 3 aromatic rings. The first-order valence-corrected chi connectivity index (χ1v) is 20.4. The van der Waals surface area contributed by atoms with E-state index in [2.05, 4.69) is 10.3 Å². The molecule has 328 valence electrons. The first-order chi connectivity index (χ1) is 28.3. The lowest BCUT2D eigenvalue weighted by Crippen LogP contribution is -2.50. The number of nitrogens with zero attached hydrogens (tertiary/aromatic N) is 4. The highest BCUT2D eigenvalue weighted by atomic mass is 32.1. The maximum absolute atomic E-state index is 14.3. The van der Waals surface area contributed by atoms with Crippen LogP contribution in [0.4, 0.5) is 20.1 Å². The Hall–Kier alpha value is -6.17. The number of rotatable bonds is 10. The van der Waals surface area contributed by atoms with E-state index < -0.39 is 63.7 Å². The van der Waals surface area contributed by atoms with Crippen molar-refractivity contribution >= 4 is 58.9 Å². The predicted octanol–water partition coefficient (Wildman–Crippen LogP) is 7.54. The Balaban J connectivity index is 1.69. The lowest BCUT2D eigenvalue weighted by atomic mass is 10.0. The number of aliphatic imine (C=N–C) groups is 1. The number of esters is 1. The maximum Gasteiger partial charge on any atom is 0.436 e. The number of carbonyl (C=O) groups excluding carboxylic acids is 6. The van der Waals surface area contributed by atoms with Crippen LogP contribution in [0.15, 0.2) is 59.6 Å². The van der Waals surface area contributed by atoms with Gasteiger partial charge in [0.1, 0.15) is 22.8 Å². The number of carbonyl (C=O) groups is 6. The smallest absolute Gasteiger partial charge is 0.436 e. The van der Waals surface area contributed by atoms with E-state index in [0.29, 0.717) is 23.4 Å². The second kappa shape index (κ2) is 19.5. The minimum absolute atomic E-state index is 0.0190. The fourth-order valence-electron chi connectivity index (χ4n) is 5.97. The molecule has 0 spiro atoms. The van der Waals surface area contributed by atoms with Gasteiger partial charge in [0.05, 0.1) is 18.0 Å². The van der Waals surface area contributed by atoms with E-state index in [4.69, 9.17) is 18.9 Å². The molecule has 2 heterocycles. The van der Waals surface area contributed by atoms with E-state index in [0.717, 1.165) is 15.3 Å². The molecule has 18 heteroatoms. The lowest BCUT2D eigenvalue weighted by molar-refractivity contribution is -0.384. The zero-order valence-electron chi connectivity index (χ0n) is 36.1. The quantitative estimate of drug-likeness (QED) is 0.0523. The number of hydrogen-bond donors (Lipinski definition) is 1. The van der Waals surface area contributed by atoms with Gasteiger partial charge in [-0.15, -0.1) is 11.3 Å². The van der Waals surface area contributed by atoms with Crippen molar-refractivity contribution in [3.8, 4) is 0 Å². The number of imide groups is 1. The normalized spacial score (nSPS) is 13.6. The highest BCUT2D eigenvalue weighted by molar-refractivity contribution is 7.12.